The van der Waals surface area contributed by atoms with Crippen molar-refractivity contribution in [1.29, 1.82) is 0 Å². The average Bonchev–Trinajstić information content (AvgIpc) is 3.14. The van der Waals surface area contributed by atoms with E-state index in [1.807, 2.05) is 36.4 Å². The van der Waals surface area contributed by atoms with Gasteiger partial charge in [-0.3, -0.25) is 9.69 Å². The highest BCUT2D eigenvalue weighted by Gasteiger charge is 2.26. The Labute approximate surface area is 184 Å². The number of likely N-dealkylation sites (tertiary alicyclic amines) is 1. The Bertz CT molecular complexity index is 878. The molecule has 1 unspecified atom stereocenters. The predicted molar refractivity (Wildman–Crippen MR) is 123 cm³/mol. The van der Waals surface area contributed by atoms with Gasteiger partial charge in [0.05, 0.1) is 6.61 Å². The smallest absolute Gasteiger partial charge is 0.271 e. The quantitative estimate of drug-likeness (QED) is 0.610. The lowest BCUT2D eigenvalue weighted by Crippen LogP contribution is -2.41. The number of guanidine groups is 1. The van der Waals surface area contributed by atoms with Crippen LogP contribution in [-0.2, 0) is 17.8 Å². The van der Waals surface area contributed by atoms with E-state index in [0.717, 1.165) is 24.3 Å². The summed E-state index contributed by atoms with van der Waals surface area (Å²) >= 11 is 0. The molecular formula is C25H32N4O2. The second-order valence-electron chi connectivity index (χ2n) is 8.30. The maximum absolute atomic E-state index is 12.1. The van der Waals surface area contributed by atoms with E-state index in [9.17, 15) is 4.79 Å². The Balaban J connectivity index is 1.14. The van der Waals surface area contributed by atoms with Crippen LogP contribution in [0.25, 0.3) is 0 Å². The monoisotopic (exact) mass is 420 g/mol. The van der Waals surface area contributed by atoms with Crippen molar-refractivity contribution in [3.05, 3.63) is 65.7 Å². The van der Waals surface area contributed by atoms with Crippen LogP contribution in [0.5, 0.6) is 5.75 Å². The first kappa shape index (κ1) is 21.4. The zero-order valence-corrected chi connectivity index (χ0v) is 18.1. The van der Waals surface area contributed by atoms with Gasteiger partial charge in [0.1, 0.15) is 11.8 Å². The number of amides is 1. The van der Waals surface area contributed by atoms with Gasteiger partial charge in [-0.2, -0.15) is 4.99 Å². The Morgan fingerprint density at radius 1 is 1.03 bits per heavy atom. The SMILES string of the molecule is O=C1N=C(NCCCOc2cccc(CN3CCCCC3)c2)NC1Cc1ccccc1. The molecule has 0 aromatic heterocycles. The van der Waals surface area contributed by atoms with Crippen LogP contribution >= 0.6 is 0 Å². The molecule has 0 aliphatic carbocycles. The molecule has 2 aromatic rings. The van der Waals surface area contributed by atoms with Crippen molar-refractivity contribution in [2.45, 2.75) is 44.7 Å². The Morgan fingerprint density at radius 3 is 2.68 bits per heavy atom. The highest BCUT2D eigenvalue weighted by Crippen LogP contribution is 2.17. The number of piperidine rings is 1. The maximum atomic E-state index is 12.1. The molecule has 31 heavy (non-hydrogen) atoms. The van der Waals surface area contributed by atoms with Gasteiger partial charge in [0.2, 0.25) is 0 Å². The second kappa shape index (κ2) is 11.0. The summed E-state index contributed by atoms with van der Waals surface area (Å²) in [6.07, 6.45) is 5.45. The topological polar surface area (TPSA) is 66.0 Å². The van der Waals surface area contributed by atoms with Crippen LogP contribution in [0.15, 0.2) is 59.6 Å². The van der Waals surface area contributed by atoms with E-state index < -0.39 is 0 Å². The van der Waals surface area contributed by atoms with Crippen LogP contribution in [0.4, 0.5) is 0 Å². The minimum atomic E-state index is -0.288. The molecule has 1 amide bonds. The lowest BCUT2D eigenvalue weighted by molar-refractivity contribution is -0.118. The fourth-order valence-electron chi connectivity index (χ4n) is 4.10. The third-order valence-corrected chi connectivity index (χ3v) is 5.75. The van der Waals surface area contributed by atoms with E-state index in [4.69, 9.17) is 4.74 Å². The fraction of sp³-hybridized carbons (Fsp3) is 0.440. The zero-order valence-electron chi connectivity index (χ0n) is 18.1. The molecule has 4 rings (SSSR count). The van der Waals surface area contributed by atoms with Crippen LogP contribution in [0.2, 0.25) is 0 Å². The van der Waals surface area contributed by atoms with Crippen LogP contribution < -0.4 is 15.4 Å². The molecule has 2 aliphatic rings. The van der Waals surface area contributed by atoms with Crippen molar-refractivity contribution < 1.29 is 9.53 Å². The van der Waals surface area contributed by atoms with Crippen molar-refractivity contribution in [2.75, 3.05) is 26.2 Å². The third-order valence-electron chi connectivity index (χ3n) is 5.75. The molecule has 2 N–H and O–H groups in total. The Kier molecular flexibility index (Phi) is 7.56. The van der Waals surface area contributed by atoms with Gasteiger partial charge in [-0.1, -0.05) is 48.9 Å². The van der Waals surface area contributed by atoms with E-state index in [-0.39, 0.29) is 11.9 Å². The molecule has 164 valence electrons. The normalized spacial score (nSPS) is 19.0. The van der Waals surface area contributed by atoms with Crippen molar-refractivity contribution in [1.82, 2.24) is 15.5 Å². The standard InChI is InChI=1S/C25H32N4O2/c30-24-23(18-20-9-3-1-4-10-20)27-25(28-24)26-13-8-16-31-22-12-7-11-21(17-22)19-29-14-5-2-6-15-29/h1,3-4,7,9-12,17,23H,2,5-6,8,13-16,18-19H2,(H2,26,27,28,30). The van der Waals surface area contributed by atoms with E-state index in [2.05, 4.69) is 38.7 Å². The molecule has 1 fully saturated rings. The number of ether oxygens (including phenoxy) is 1. The molecule has 2 aromatic carbocycles. The predicted octanol–water partition coefficient (Wildman–Crippen LogP) is 3.13. The first-order chi connectivity index (χ1) is 15.3. The summed E-state index contributed by atoms with van der Waals surface area (Å²) in [7, 11) is 0. The first-order valence-electron chi connectivity index (χ1n) is 11.4. The number of hydrogen-bond acceptors (Lipinski definition) is 5. The van der Waals surface area contributed by atoms with Gasteiger partial charge >= 0.3 is 0 Å². The highest BCUT2D eigenvalue weighted by molar-refractivity contribution is 6.02. The van der Waals surface area contributed by atoms with Crippen molar-refractivity contribution >= 4 is 11.9 Å². The van der Waals surface area contributed by atoms with Crippen LogP contribution in [-0.4, -0.2) is 49.0 Å². The fourth-order valence-corrected chi connectivity index (χ4v) is 4.10. The Morgan fingerprint density at radius 2 is 1.84 bits per heavy atom. The summed E-state index contributed by atoms with van der Waals surface area (Å²) in [5, 5.41) is 6.40. The van der Waals surface area contributed by atoms with Gasteiger partial charge in [-0.25, -0.2) is 0 Å². The van der Waals surface area contributed by atoms with Crippen molar-refractivity contribution in [3.63, 3.8) is 0 Å². The first-order valence-corrected chi connectivity index (χ1v) is 11.4. The number of aliphatic imine (C=N–C) groups is 1. The van der Waals surface area contributed by atoms with E-state index in [1.165, 1.54) is 37.9 Å². The van der Waals surface area contributed by atoms with Gasteiger partial charge in [0.15, 0.2) is 5.96 Å². The third kappa shape index (κ3) is 6.56. The molecule has 0 spiro atoms. The number of nitrogens with zero attached hydrogens (tertiary/aromatic N) is 2. The van der Waals surface area contributed by atoms with Crippen molar-refractivity contribution in [3.8, 4) is 5.75 Å². The van der Waals surface area contributed by atoms with Gasteiger partial charge in [-0.05, 0) is 55.6 Å². The maximum Gasteiger partial charge on any atom is 0.271 e. The van der Waals surface area contributed by atoms with Gasteiger partial charge in [-0.15, -0.1) is 0 Å². The van der Waals surface area contributed by atoms with Gasteiger partial charge in [0.25, 0.3) is 5.91 Å². The molecule has 2 aliphatic heterocycles. The number of carbonyl (C=O) groups is 1. The zero-order chi connectivity index (χ0) is 21.3. The number of benzene rings is 2. The lowest BCUT2D eigenvalue weighted by Gasteiger charge is -2.26. The Hall–Kier alpha value is -2.86. The van der Waals surface area contributed by atoms with Gasteiger partial charge < -0.3 is 15.4 Å². The van der Waals surface area contributed by atoms with Gasteiger partial charge in [0, 0.05) is 19.5 Å². The minimum absolute atomic E-state index is 0.117. The largest absolute Gasteiger partial charge is 0.494 e. The van der Waals surface area contributed by atoms with E-state index in [1.54, 1.807) is 0 Å². The number of rotatable bonds is 9. The number of carbonyl (C=O) groups excluding carboxylic acids is 1. The molecule has 0 radical (unpaired) electrons. The molecule has 1 saturated heterocycles. The molecule has 2 heterocycles. The molecule has 6 nitrogen and oxygen atoms in total. The summed E-state index contributed by atoms with van der Waals surface area (Å²) < 4.78 is 5.94. The minimum Gasteiger partial charge on any atom is -0.494 e. The van der Waals surface area contributed by atoms with Crippen LogP contribution in [0.1, 0.15) is 36.8 Å². The molecule has 6 heteroatoms. The van der Waals surface area contributed by atoms with E-state index in [0.29, 0.717) is 25.5 Å². The number of hydrogen-bond donors (Lipinski definition) is 2. The summed E-state index contributed by atoms with van der Waals surface area (Å²) in [6, 6.07) is 18.1. The van der Waals surface area contributed by atoms with Crippen molar-refractivity contribution in [2.24, 2.45) is 4.99 Å². The lowest BCUT2D eigenvalue weighted by atomic mass is 10.1. The van der Waals surface area contributed by atoms with Crippen LogP contribution in [0.3, 0.4) is 0 Å². The summed E-state index contributed by atoms with van der Waals surface area (Å²) in [6.45, 7) is 4.72. The second-order valence-corrected chi connectivity index (χ2v) is 8.30. The van der Waals surface area contributed by atoms with E-state index >= 15 is 0 Å². The highest BCUT2D eigenvalue weighted by atomic mass is 16.5. The molecule has 0 saturated carbocycles. The average molecular weight is 421 g/mol. The summed E-state index contributed by atoms with van der Waals surface area (Å²) in [5.74, 6) is 1.37. The molecule has 1 atom stereocenters. The molecule has 0 bridgehead atoms. The molecular weight excluding hydrogens is 388 g/mol. The summed E-state index contributed by atoms with van der Waals surface area (Å²) in [5.41, 5.74) is 2.44. The number of nitrogens with one attached hydrogen (secondary N) is 2. The summed E-state index contributed by atoms with van der Waals surface area (Å²) in [4.78, 5) is 18.7. The van der Waals surface area contributed by atoms with Crippen LogP contribution in [0, 0.1) is 0 Å².